The second-order valence-corrected chi connectivity index (χ2v) is 6.33. The first-order chi connectivity index (χ1) is 9.62. The third-order valence-electron chi connectivity index (χ3n) is 3.30. The molecule has 2 rings (SSSR count). The van der Waals surface area contributed by atoms with Gasteiger partial charge < -0.3 is 14.9 Å². The molecule has 2 heterocycles. The molecular formula is C10H14N2O8S. The van der Waals surface area contributed by atoms with E-state index >= 15 is 0 Å². The van der Waals surface area contributed by atoms with Gasteiger partial charge in [0.1, 0.15) is 6.10 Å². The third-order valence-corrected chi connectivity index (χ3v) is 4.57. The maximum Gasteiger partial charge on any atom is 0.331 e. The normalized spacial score (nSPS) is 29.7. The van der Waals surface area contributed by atoms with E-state index in [1.165, 1.54) is 6.92 Å². The standard InChI is InChI=1S/C10H14N2O8S/c1-5-3-12(9(16)11-8(5)15)10(21(17,18)19)2-6(14)7(4-13)20-10/h3,6-7,13-14H,2,4H2,1H3,(H,11,15,16)(H,17,18,19)/t6-,7+,10-/m0/s1. The fourth-order valence-corrected chi connectivity index (χ4v) is 3.19. The summed E-state index contributed by atoms with van der Waals surface area (Å²) in [4.78, 5) is 25.1. The van der Waals surface area contributed by atoms with Crippen molar-refractivity contribution < 1.29 is 27.9 Å². The number of aryl methyl sites for hydroxylation is 1. The molecule has 11 heteroatoms. The zero-order valence-electron chi connectivity index (χ0n) is 10.9. The number of ether oxygens (including phenoxy) is 1. The molecule has 1 aromatic rings. The van der Waals surface area contributed by atoms with E-state index in [-0.39, 0.29) is 5.56 Å². The molecule has 4 N–H and O–H groups in total. The minimum Gasteiger partial charge on any atom is -0.394 e. The van der Waals surface area contributed by atoms with E-state index in [0.717, 1.165) is 6.20 Å². The van der Waals surface area contributed by atoms with Crippen molar-refractivity contribution in [2.75, 3.05) is 6.61 Å². The Balaban J connectivity index is 2.73. The van der Waals surface area contributed by atoms with E-state index in [0.29, 0.717) is 4.57 Å². The number of nitrogens with one attached hydrogen (secondary N) is 1. The van der Waals surface area contributed by atoms with E-state index in [9.17, 15) is 27.7 Å². The van der Waals surface area contributed by atoms with Crippen molar-refractivity contribution in [3.8, 4) is 0 Å². The lowest BCUT2D eigenvalue weighted by Crippen LogP contribution is -2.49. The highest BCUT2D eigenvalue weighted by molar-refractivity contribution is 7.86. The summed E-state index contributed by atoms with van der Waals surface area (Å²) in [6.45, 7) is 0.608. The summed E-state index contributed by atoms with van der Waals surface area (Å²) in [5.74, 6) is 0. The Hall–Kier alpha value is -1.53. The first-order valence-electron chi connectivity index (χ1n) is 5.89. The molecule has 118 valence electrons. The predicted molar refractivity (Wildman–Crippen MR) is 68.2 cm³/mol. The number of aromatic nitrogens is 2. The number of rotatable bonds is 3. The number of hydrogen-bond acceptors (Lipinski definition) is 7. The van der Waals surface area contributed by atoms with E-state index in [1.807, 2.05) is 4.98 Å². The summed E-state index contributed by atoms with van der Waals surface area (Å²) in [6.07, 6.45) is -2.49. The topological polar surface area (TPSA) is 159 Å². The first-order valence-corrected chi connectivity index (χ1v) is 7.33. The van der Waals surface area contributed by atoms with Gasteiger partial charge in [0.05, 0.1) is 12.7 Å². The molecule has 0 aliphatic carbocycles. The second kappa shape index (κ2) is 5.03. The van der Waals surface area contributed by atoms with Gasteiger partial charge >= 0.3 is 15.8 Å². The van der Waals surface area contributed by atoms with Gasteiger partial charge in [0.15, 0.2) is 0 Å². The van der Waals surface area contributed by atoms with Gasteiger partial charge in [-0.3, -0.25) is 18.9 Å². The molecule has 10 nitrogen and oxygen atoms in total. The summed E-state index contributed by atoms with van der Waals surface area (Å²) in [5.41, 5.74) is -1.85. The van der Waals surface area contributed by atoms with Gasteiger partial charge in [-0.25, -0.2) is 4.79 Å². The molecule has 1 fully saturated rings. The van der Waals surface area contributed by atoms with Gasteiger partial charge in [0.25, 0.3) is 10.6 Å². The highest BCUT2D eigenvalue weighted by Gasteiger charge is 2.57. The molecule has 1 aliphatic heterocycles. The number of aliphatic hydroxyl groups is 2. The van der Waals surface area contributed by atoms with Crippen molar-refractivity contribution >= 4 is 10.1 Å². The lowest BCUT2D eigenvalue weighted by atomic mass is 10.2. The summed E-state index contributed by atoms with van der Waals surface area (Å²) in [5, 5.41) is 16.2. The van der Waals surface area contributed by atoms with E-state index in [1.54, 1.807) is 0 Å². The van der Waals surface area contributed by atoms with Crippen molar-refractivity contribution in [2.24, 2.45) is 0 Å². The van der Waals surface area contributed by atoms with Crippen LogP contribution in [0.25, 0.3) is 0 Å². The lowest BCUT2D eigenvalue weighted by molar-refractivity contribution is -0.0732. The molecule has 3 atom stereocenters. The van der Waals surface area contributed by atoms with Crippen molar-refractivity contribution in [3.63, 3.8) is 0 Å². The number of aliphatic hydroxyl groups excluding tert-OH is 2. The predicted octanol–water partition coefficient (Wildman–Crippen LogP) is -2.51. The van der Waals surface area contributed by atoms with Crippen molar-refractivity contribution in [2.45, 2.75) is 30.6 Å². The number of H-pyrrole nitrogens is 1. The summed E-state index contributed by atoms with van der Waals surface area (Å²) in [7, 11) is -5.00. The maximum atomic E-state index is 11.8. The van der Waals surface area contributed by atoms with Gasteiger partial charge in [-0.05, 0) is 6.92 Å². The van der Waals surface area contributed by atoms with E-state index in [4.69, 9.17) is 9.84 Å². The smallest absolute Gasteiger partial charge is 0.331 e. The zero-order chi connectivity index (χ0) is 16.0. The number of hydrogen-bond donors (Lipinski definition) is 4. The van der Waals surface area contributed by atoms with Gasteiger partial charge in [-0.1, -0.05) is 0 Å². The Labute approximate surface area is 118 Å². The summed E-state index contributed by atoms with van der Waals surface area (Å²) in [6, 6.07) is 0. The van der Waals surface area contributed by atoms with Crippen LogP contribution >= 0.6 is 0 Å². The molecule has 0 amide bonds. The van der Waals surface area contributed by atoms with Crippen LogP contribution in [0.3, 0.4) is 0 Å². The number of aromatic amines is 1. The fraction of sp³-hybridized carbons (Fsp3) is 0.600. The van der Waals surface area contributed by atoms with Crippen LogP contribution in [0.4, 0.5) is 0 Å². The largest absolute Gasteiger partial charge is 0.394 e. The highest BCUT2D eigenvalue weighted by atomic mass is 32.2. The Morgan fingerprint density at radius 1 is 1.52 bits per heavy atom. The maximum absolute atomic E-state index is 11.8. The van der Waals surface area contributed by atoms with Gasteiger partial charge in [-0.15, -0.1) is 0 Å². The Morgan fingerprint density at radius 2 is 2.14 bits per heavy atom. The average Bonchev–Trinajstić information content (AvgIpc) is 2.71. The summed E-state index contributed by atoms with van der Waals surface area (Å²) >= 11 is 0. The summed E-state index contributed by atoms with van der Waals surface area (Å²) < 4.78 is 38.4. The molecule has 1 saturated heterocycles. The van der Waals surface area contributed by atoms with Crippen molar-refractivity contribution in [1.82, 2.24) is 9.55 Å². The molecule has 1 aromatic heterocycles. The average molecular weight is 322 g/mol. The molecule has 0 radical (unpaired) electrons. The SMILES string of the molecule is Cc1cn([C@@]2(S(=O)(=O)O)C[C@H](O)[C@@H](CO)O2)c(=O)[nH]c1=O. The molecule has 0 spiro atoms. The Kier molecular flexibility index (Phi) is 3.80. The van der Waals surface area contributed by atoms with Crippen LogP contribution in [0, 0.1) is 6.92 Å². The van der Waals surface area contributed by atoms with E-state index in [2.05, 4.69) is 0 Å². The monoisotopic (exact) mass is 322 g/mol. The molecule has 0 bridgehead atoms. The fourth-order valence-electron chi connectivity index (χ4n) is 2.18. The third kappa shape index (κ3) is 2.42. The molecular weight excluding hydrogens is 308 g/mol. The molecule has 0 saturated carbocycles. The minimum atomic E-state index is -5.00. The quantitative estimate of drug-likeness (QED) is 0.444. The van der Waals surface area contributed by atoms with E-state index < -0.39 is 51.7 Å². The Bertz CT molecular complexity index is 766. The van der Waals surface area contributed by atoms with Crippen LogP contribution in [0.5, 0.6) is 0 Å². The molecule has 0 unspecified atom stereocenters. The molecule has 0 aromatic carbocycles. The van der Waals surface area contributed by atoms with Crippen LogP contribution in [-0.4, -0.2) is 51.5 Å². The van der Waals surface area contributed by atoms with Crippen molar-refractivity contribution in [3.05, 3.63) is 32.6 Å². The van der Waals surface area contributed by atoms with Crippen LogP contribution in [0.2, 0.25) is 0 Å². The lowest BCUT2D eigenvalue weighted by Gasteiger charge is -2.27. The van der Waals surface area contributed by atoms with Crippen LogP contribution in [0.1, 0.15) is 12.0 Å². The van der Waals surface area contributed by atoms with Gasteiger partial charge in [-0.2, -0.15) is 8.42 Å². The zero-order valence-corrected chi connectivity index (χ0v) is 11.7. The highest BCUT2D eigenvalue weighted by Crippen LogP contribution is 2.38. The molecule has 1 aliphatic rings. The van der Waals surface area contributed by atoms with Crippen LogP contribution in [0.15, 0.2) is 15.8 Å². The van der Waals surface area contributed by atoms with Crippen LogP contribution < -0.4 is 11.2 Å². The minimum absolute atomic E-state index is 0.00293. The molecule has 21 heavy (non-hydrogen) atoms. The van der Waals surface area contributed by atoms with Gasteiger partial charge in [0, 0.05) is 18.2 Å². The second-order valence-electron chi connectivity index (χ2n) is 4.74. The number of nitrogens with zero attached hydrogens (tertiary/aromatic N) is 1. The van der Waals surface area contributed by atoms with Gasteiger partial charge in [0.2, 0.25) is 0 Å². The van der Waals surface area contributed by atoms with Crippen molar-refractivity contribution in [1.29, 1.82) is 0 Å². The first kappa shape index (κ1) is 15.9. The Morgan fingerprint density at radius 3 is 2.62 bits per heavy atom. The van der Waals surface area contributed by atoms with Crippen LogP contribution in [-0.2, 0) is 19.9 Å².